The van der Waals surface area contributed by atoms with Gasteiger partial charge in [-0.2, -0.15) is 0 Å². The van der Waals surface area contributed by atoms with E-state index >= 15 is 0 Å². The van der Waals surface area contributed by atoms with Crippen LogP contribution in [0.1, 0.15) is 20.3 Å². The minimum atomic E-state index is -0.106. The van der Waals surface area contributed by atoms with Crippen molar-refractivity contribution in [1.82, 2.24) is 4.72 Å². The Morgan fingerprint density at radius 3 is 2.64 bits per heavy atom. The Labute approximate surface area is 94.0 Å². The van der Waals surface area contributed by atoms with Gasteiger partial charge in [0.15, 0.2) is 0 Å². The summed E-state index contributed by atoms with van der Waals surface area (Å²) in [6.07, 6.45) is 4.28. The highest BCUT2D eigenvalue weighted by Crippen LogP contribution is 2.25. The number of rotatable bonds is 6. The number of carbonyl (C=O) groups is 1. The summed E-state index contributed by atoms with van der Waals surface area (Å²) in [6.45, 7) is 11.2. The molecule has 0 aromatic carbocycles. The van der Waals surface area contributed by atoms with E-state index in [0.717, 1.165) is 23.4 Å². The van der Waals surface area contributed by atoms with E-state index in [1.54, 1.807) is 11.8 Å². The standard InChI is InChI=1S/C10H15NOS2/c1-5-9(6-2)13-8(4)11-14-10(12)7-3/h5,7,11H,3-4,6H2,1-2H3/b9-5-. The summed E-state index contributed by atoms with van der Waals surface area (Å²) in [4.78, 5) is 12.1. The summed E-state index contributed by atoms with van der Waals surface area (Å²) in [6, 6.07) is 0. The zero-order chi connectivity index (χ0) is 11.0. The lowest BCUT2D eigenvalue weighted by Crippen LogP contribution is -2.02. The number of hydrogen-bond acceptors (Lipinski definition) is 4. The fourth-order valence-electron chi connectivity index (χ4n) is 0.663. The summed E-state index contributed by atoms with van der Waals surface area (Å²) in [5, 5.41) is 0.658. The summed E-state index contributed by atoms with van der Waals surface area (Å²) < 4.78 is 2.86. The molecule has 0 spiro atoms. The number of hydrogen-bond donors (Lipinski definition) is 1. The third-order valence-electron chi connectivity index (χ3n) is 1.36. The molecule has 0 bridgehead atoms. The zero-order valence-electron chi connectivity index (χ0n) is 8.50. The van der Waals surface area contributed by atoms with Gasteiger partial charge in [-0.3, -0.25) is 4.79 Å². The minimum absolute atomic E-state index is 0.106. The molecule has 2 nitrogen and oxygen atoms in total. The van der Waals surface area contributed by atoms with Crippen LogP contribution in [0.2, 0.25) is 0 Å². The SMILES string of the molecule is C=CC(=O)SNC(=C)S/C(=C\C)CC. The lowest BCUT2D eigenvalue weighted by molar-refractivity contribution is -0.107. The summed E-state index contributed by atoms with van der Waals surface area (Å²) in [5.41, 5.74) is 0. The maximum Gasteiger partial charge on any atom is 0.231 e. The van der Waals surface area contributed by atoms with Gasteiger partial charge < -0.3 is 4.72 Å². The van der Waals surface area contributed by atoms with Crippen LogP contribution in [-0.2, 0) is 4.79 Å². The normalized spacial score (nSPS) is 10.9. The van der Waals surface area contributed by atoms with Crippen molar-refractivity contribution in [2.75, 3.05) is 0 Å². The average molecular weight is 229 g/mol. The van der Waals surface area contributed by atoms with Gasteiger partial charge in [0.2, 0.25) is 5.12 Å². The van der Waals surface area contributed by atoms with E-state index in [1.807, 2.05) is 13.0 Å². The molecule has 78 valence electrons. The first kappa shape index (κ1) is 13.4. The fourth-order valence-corrected chi connectivity index (χ4v) is 1.83. The van der Waals surface area contributed by atoms with E-state index in [0.29, 0.717) is 0 Å². The van der Waals surface area contributed by atoms with Crippen LogP contribution in [-0.4, -0.2) is 5.12 Å². The lowest BCUT2D eigenvalue weighted by atomic mass is 10.4. The van der Waals surface area contributed by atoms with Gasteiger partial charge in [0.25, 0.3) is 0 Å². The highest BCUT2D eigenvalue weighted by atomic mass is 32.2. The zero-order valence-corrected chi connectivity index (χ0v) is 10.1. The molecule has 1 N–H and O–H groups in total. The molecule has 0 aliphatic rings. The summed E-state index contributed by atoms with van der Waals surface area (Å²) in [7, 11) is 0. The molecule has 0 aromatic heterocycles. The predicted octanol–water partition coefficient (Wildman–Crippen LogP) is 3.46. The van der Waals surface area contributed by atoms with Gasteiger partial charge in [-0.1, -0.05) is 37.9 Å². The molecule has 0 saturated heterocycles. The number of nitrogens with one attached hydrogen (secondary N) is 1. The molecular weight excluding hydrogens is 214 g/mol. The van der Waals surface area contributed by atoms with E-state index in [1.165, 1.54) is 11.0 Å². The van der Waals surface area contributed by atoms with Gasteiger partial charge in [-0.25, -0.2) is 0 Å². The van der Waals surface area contributed by atoms with Crippen molar-refractivity contribution in [3.8, 4) is 0 Å². The van der Waals surface area contributed by atoms with E-state index < -0.39 is 0 Å². The molecule has 0 fully saturated rings. The predicted molar refractivity (Wildman–Crippen MR) is 66.7 cm³/mol. The monoisotopic (exact) mass is 229 g/mol. The van der Waals surface area contributed by atoms with Gasteiger partial charge in [0.05, 0.1) is 5.03 Å². The van der Waals surface area contributed by atoms with Gasteiger partial charge in [0, 0.05) is 11.9 Å². The maximum absolute atomic E-state index is 10.9. The molecule has 0 aliphatic heterocycles. The first-order chi connectivity index (χ1) is 6.63. The van der Waals surface area contributed by atoms with Crippen molar-refractivity contribution in [2.45, 2.75) is 20.3 Å². The highest BCUT2D eigenvalue weighted by Gasteiger charge is 2.01. The Hall–Kier alpha value is -0.610. The molecule has 0 aliphatic carbocycles. The second-order valence-electron chi connectivity index (χ2n) is 2.36. The number of carbonyl (C=O) groups excluding carboxylic acids is 1. The second kappa shape index (κ2) is 7.76. The Balaban J connectivity index is 3.87. The largest absolute Gasteiger partial charge is 0.318 e. The van der Waals surface area contributed by atoms with Gasteiger partial charge in [-0.15, -0.1) is 0 Å². The topological polar surface area (TPSA) is 29.1 Å². The Morgan fingerprint density at radius 2 is 2.21 bits per heavy atom. The lowest BCUT2D eigenvalue weighted by Gasteiger charge is -2.07. The smallest absolute Gasteiger partial charge is 0.231 e. The molecule has 0 saturated carbocycles. The molecule has 0 amide bonds. The van der Waals surface area contributed by atoms with Crippen LogP contribution in [0.15, 0.2) is 35.2 Å². The Kier molecular flexibility index (Phi) is 7.42. The Morgan fingerprint density at radius 1 is 1.57 bits per heavy atom. The molecule has 0 radical (unpaired) electrons. The van der Waals surface area contributed by atoms with Crippen molar-refractivity contribution in [3.05, 3.63) is 35.2 Å². The quantitative estimate of drug-likeness (QED) is 0.558. The van der Waals surface area contributed by atoms with Crippen molar-refractivity contribution >= 4 is 28.8 Å². The third kappa shape index (κ3) is 5.94. The van der Waals surface area contributed by atoms with Gasteiger partial charge in [-0.05, 0) is 24.3 Å². The van der Waals surface area contributed by atoms with Gasteiger partial charge in [0.1, 0.15) is 0 Å². The van der Waals surface area contributed by atoms with E-state index in [4.69, 9.17) is 0 Å². The van der Waals surface area contributed by atoms with Crippen LogP contribution in [0.3, 0.4) is 0 Å². The van der Waals surface area contributed by atoms with Crippen molar-refractivity contribution in [3.63, 3.8) is 0 Å². The minimum Gasteiger partial charge on any atom is -0.318 e. The molecule has 0 atom stereocenters. The molecule has 4 heteroatoms. The second-order valence-corrected chi connectivity index (χ2v) is 4.39. The van der Waals surface area contributed by atoms with Crippen molar-refractivity contribution < 1.29 is 4.79 Å². The van der Waals surface area contributed by atoms with Crippen molar-refractivity contribution in [1.29, 1.82) is 0 Å². The third-order valence-corrected chi connectivity index (χ3v) is 3.34. The van der Waals surface area contributed by atoms with E-state index in [-0.39, 0.29) is 5.12 Å². The van der Waals surface area contributed by atoms with Crippen LogP contribution < -0.4 is 4.72 Å². The summed E-state index contributed by atoms with van der Waals surface area (Å²) >= 11 is 2.54. The fraction of sp³-hybridized carbons (Fsp3) is 0.300. The molecule has 0 unspecified atom stereocenters. The number of thioether (sulfide) groups is 1. The van der Waals surface area contributed by atoms with Crippen LogP contribution in [0.4, 0.5) is 0 Å². The van der Waals surface area contributed by atoms with E-state index in [9.17, 15) is 4.79 Å². The van der Waals surface area contributed by atoms with Gasteiger partial charge >= 0.3 is 0 Å². The highest BCUT2D eigenvalue weighted by molar-refractivity contribution is 8.14. The maximum atomic E-state index is 10.9. The average Bonchev–Trinajstić information content (AvgIpc) is 2.22. The molecular formula is C10H15NOS2. The molecule has 0 heterocycles. The Bertz CT molecular complexity index is 259. The van der Waals surface area contributed by atoms with E-state index in [2.05, 4.69) is 24.8 Å². The van der Waals surface area contributed by atoms with Crippen LogP contribution in [0.25, 0.3) is 0 Å². The van der Waals surface area contributed by atoms with Crippen LogP contribution in [0, 0.1) is 0 Å². The van der Waals surface area contributed by atoms with Crippen LogP contribution in [0.5, 0.6) is 0 Å². The summed E-state index contributed by atoms with van der Waals surface area (Å²) in [5.74, 6) is 0. The van der Waals surface area contributed by atoms with Crippen molar-refractivity contribution in [2.24, 2.45) is 0 Å². The molecule has 14 heavy (non-hydrogen) atoms. The first-order valence-electron chi connectivity index (χ1n) is 4.25. The molecule has 0 rings (SSSR count). The van der Waals surface area contributed by atoms with Crippen LogP contribution >= 0.6 is 23.7 Å². The number of allylic oxidation sites excluding steroid dienone is 2. The first-order valence-corrected chi connectivity index (χ1v) is 5.88. The molecule has 0 aromatic rings.